The van der Waals surface area contributed by atoms with Gasteiger partial charge in [-0.3, -0.25) is 4.79 Å². The van der Waals surface area contributed by atoms with Crippen molar-refractivity contribution in [3.8, 4) is 11.5 Å². The van der Waals surface area contributed by atoms with E-state index in [2.05, 4.69) is 5.32 Å². The number of carbonyl (C=O) groups excluding carboxylic acids is 1. The molecular formula is C13H17NO3. The van der Waals surface area contributed by atoms with E-state index in [0.717, 1.165) is 18.7 Å². The molecule has 0 atom stereocenters. The topological polar surface area (TPSA) is 47.6 Å². The normalized spacial score (nSPS) is 13.5. The first-order chi connectivity index (χ1) is 8.31. The number of ether oxygens (including phenoxy) is 2. The van der Waals surface area contributed by atoms with Crippen LogP contribution in [0, 0.1) is 0 Å². The molecule has 0 spiro atoms. The number of Topliss-reactive ketones (excluding diaryl/α,β-unsaturated/α-hetero) is 1. The molecule has 0 aromatic heterocycles. The molecule has 4 heteroatoms. The van der Waals surface area contributed by atoms with Crippen LogP contribution in [0.15, 0.2) is 18.2 Å². The predicted octanol–water partition coefficient (Wildman–Crippen LogP) is 1.64. The Hall–Kier alpha value is -1.55. The molecular weight excluding hydrogens is 218 g/mol. The summed E-state index contributed by atoms with van der Waals surface area (Å²) >= 11 is 0. The fourth-order valence-electron chi connectivity index (χ4n) is 1.79. The summed E-state index contributed by atoms with van der Waals surface area (Å²) in [7, 11) is 1.88. The van der Waals surface area contributed by atoms with Gasteiger partial charge in [-0.1, -0.05) is 0 Å². The molecule has 0 amide bonds. The fourth-order valence-corrected chi connectivity index (χ4v) is 1.79. The van der Waals surface area contributed by atoms with E-state index < -0.39 is 0 Å². The van der Waals surface area contributed by atoms with Crippen LogP contribution in [-0.2, 0) is 0 Å². The third-order valence-corrected chi connectivity index (χ3v) is 2.69. The third-order valence-electron chi connectivity index (χ3n) is 2.69. The summed E-state index contributed by atoms with van der Waals surface area (Å²) in [6, 6.07) is 5.38. The lowest BCUT2D eigenvalue weighted by Crippen LogP contribution is -2.16. The number of ketones is 1. The number of nitrogens with one attached hydrogen (secondary N) is 1. The van der Waals surface area contributed by atoms with E-state index >= 15 is 0 Å². The maximum atomic E-state index is 11.9. The van der Waals surface area contributed by atoms with Gasteiger partial charge in [0, 0.05) is 12.0 Å². The minimum atomic E-state index is 0.150. The average Bonchev–Trinajstić information content (AvgIpc) is 2.38. The highest BCUT2D eigenvalue weighted by molar-refractivity contribution is 5.96. The highest BCUT2D eigenvalue weighted by atomic mass is 16.6. The summed E-state index contributed by atoms with van der Waals surface area (Å²) in [6.45, 7) is 1.98. The number of rotatable bonds is 5. The smallest absolute Gasteiger partial charge is 0.163 e. The zero-order chi connectivity index (χ0) is 12.1. The second kappa shape index (κ2) is 5.68. The monoisotopic (exact) mass is 235 g/mol. The lowest BCUT2D eigenvalue weighted by Gasteiger charge is -2.18. The molecule has 4 nitrogen and oxygen atoms in total. The molecule has 1 aromatic rings. The van der Waals surface area contributed by atoms with Gasteiger partial charge in [0.2, 0.25) is 0 Å². The van der Waals surface area contributed by atoms with Crippen LogP contribution in [0.3, 0.4) is 0 Å². The van der Waals surface area contributed by atoms with E-state index in [1.165, 1.54) is 0 Å². The van der Waals surface area contributed by atoms with Crippen molar-refractivity contribution in [2.75, 3.05) is 26.8 Å². The summed E-state index contributed by atoms with van der Waals surface area (Å²) < 4.78 is 10.9. The van der Waals surface area contributed by atoms with Crippen LogP contribution in [0.25, 0.3) is 0 Å². The second-order valence-corrected chi connectivity index (χ2v) is 3.99. The first-order valence-corrected chi connectivity index (χ1v) is 5.88. The van der Waals surface area contributed by atoms with Crippen molar-refractivity contribution in [3.63, 3.8) is 0 Å². The van der Waals surface area contributed by atoms with Crippen LogP contribution in [0.4, 0.5) is 0 Å². The van der Waals surface area contributed by atoms with E-state index in [9.17, 15) is 4.79 Å². The van der Waals surface area contributed by atoms with Crippen LogP contribution < -0.4 is 14.8 Å². The molecule has 1 aliphatic heterocycles. The summed E-state index contributed by atoms with van der Waals surface area (Å²) in [5, 5.41) is 3.03. The molecule has 0 saturated carbocycles. The van der Waals surface area contributed by atoms with Crippen LogP contribution in [0.2, 0.25) is 0 Å². The molecule has 92 valence electrons. The molecule has 0 bridgehead atoms. The van der Waals surface area contributed by atoms with Crippen molar-refractivity contribution >= 4 is 5.78 Å². The zero-order valence-electron chi connectivity index (χ0n) is 9.99. The number of hydrogen-bond donors (Lipinski definition) is 1. The van der Waals surface area contributed by atoms with Gasteiger partial charge in [-0.2, -0.15) is 0 Å². The Kier molecular flexibility index (Phi) is 3.98. The number of benzene rings is 1. The Morgan fingerprint density at radius 3 is 2.82 bits per heavy atom. The Morgan fingerprint density at radius 1 is 1.29 bits per heavy atom. The van der Waals surface area contributed by atoms with Crippen LogP contribution in [0.1, 0.15) is 23.2 Å². The van der Waals surface area contributed by atoms with Gasteiger partial charge in [-0.15, -0.1) is 0 Å². The van der Waals surface area contributed by atoms with Crippen LogP contribution >= 0.6 is 0 Å². The number of fused-ring (bicyclic) bond motifs is 1. The Bertz CT molecular complexity index is 404. The van der Waals surface area contributed by atoms with Crippen LogP contribution in [-0.4, -0.2) is 32.6 Å². The second-order valence-electron chi connectivity index (χ2n) is 3.99. The molecule has 0 fully saturated rings. The zero-order valence-corrected chi connectivity index (χ0v) is 9.99. The quantitative estimate of drug-likeness (QED) is 0.622. The van der Waals surface area contributed by atoms with E-state index in [0.29, 0.717) is 30.9 Å². The Morgan fingerprint density at radius 2 is 2.06 bits per heavy atom. The standard InChI is InChI=1S/C13H17NO3/c1-14-6-2-3-11(15)10-4-5-12-13(9-10)17-8-7-16-12/h4-5,9,14H,2-3,6-8H2,1H3. The number of carbonyl (C=O) groups is 1. The van der Waals surface area contributed by atoms with Crippen LogP contribution in [0.5, 0.6) is 11.5 Å². The summed E-state index contributed by atoms with van der Waals surface area (Å²) in [5.41, 5.74) is 0.699. The van der Waals surface area contributed by atoms with Gasteiger partial charge in [0.25, 0.3) is 0 Å². The Balaban J connectivity index is 2.03. The van der Waals surface area contributed by atoms with Gasteiger partial charge in [0.15, 0.2) is 17.3 Å². The third kappa shape index (κ3) is 2.97. The van der Waals surface area contributed by atoms with Gasteiger partial charge >= 0.3 is 0 Å². The maximum absolute atomic E-state index is 11.9. The predicted molar refractivity (Wildman–Crippen MR) is 64.9 cm³/mol. The molecule has 0 radical (unpaired) electrons. The minimum absolute atomic E-state index is 0.150. The first kappa shape index (κ1) is 11.9. The highest BCUT2D eigenvalue weighted by Crippen LogP contribution is 2.31. The van der Waals surface area contributed by atoms with E-state index in [1.807, 2.05) is 7.05 Å². The maximum Gasteiger partial charge on any atom is 0.163 e. The SMILES string of the molecule is CNCCCC(=O)c1ccc2c(c1)OCCO2. The molecule has 1 aromatic carbocycles. The van der Waals surface area contributed by atoms with Gasteiger partial charge in [0.05, 0.1) is 0 Å². The molecule has 2 rings (SSSR count). The summed E-state index contributed by atoms with van der Waals surface area (Å²) in [4.78, 5) is 11.9. The minimum Gasteiger partial charge on any atom is -0.486 e. The van der Waals surface area contributed by atoms with Crippen molar-refractivity contribution in [1.29, 1.82) is 0 Å². The van der Waals surface area contributed by atoms with E-state index in [-0.39, 0.29) is 5.78 Å². The van der Waals surface area contributed by atoms with Crippen molar-refractivity contribution in [2.45, 2.75) is 12.8 Å². The Labute approximate surface area is 101 Å². The molecule has 1 N–H and O–H groups in total. The summed E-state index contributed by atoms with van der Waals surface area (Å²) in [6.07, 6.45) is 1.41. The molecule has 1 aliphatic rings. The van der Waals surface area contributed by atoms with Gasteiger partial charge in [-0.05, 0) is 38.2 Å². The molecule has 17 heavy (non-hydrogen) atoms. The lowest BCUT2D eigenvalue weighted by atomic mass is 10.1. The summed E-state index contributed by atoms with van der Waals surface area (Å²) in [5.74, 6) is 1.55. The highest BCUT2D eigenvalue weighted by Gasteiger charge is 2.14. The molecule has 0 unspecified atom stereocenters. The average molecular weight is 235 g/mol. The molecule has 0 saturated heterocycles. The molecule has 1 heterocycles. The largest absolute Gasteiger partial charge is 0.486 e. The molecule has 0 aliphatic carbocycles. The van der Waals surface area contributed by atoms with E-state index in [4.69, 9.17) is 9.47 Å². The van der Waals surface area contributed by atoms with Gasteiger partial charge in [0.1, 0.15) is 13.2 Å². The van der Waals surface area contributed by atoms with Gasteiger partial charge in [-0.25, -0.2) is 0 Å². The number of hydrogen-bond acceptors (Lipinski definition) is 4. The van der Waals surface area contributed by atoms with Gasteiger partial charge < -0.3 is 14.8 Å². The van der Waals surface area contributed by atoms with Crippen molar-refractivity contribution in [1.82, 2.24) is 5.32 Å². The first-order valence-electron chi connectivity index (χ1n) is 5.88. The fraction of sp³-hybridized carbons (Fsp3) is 0.462. The van der Waals surface area contributed by atoms with Crippen molar-refractivity contribution < 1.29 is 14.3 Å². The van der Waals surface area contributed by atoms with E-state index in [1.54, 1.807) is 18.2 Å². The van der Waals surface area contributed by atoms with Crippen molar-refractivity contribution in [3.05, 3.63) is 23.8 Å². The lowest BCUT2D eigenvalue weighted by molar-refractivity contribution is 0.0979. The van der Waals surface area contributed by atoms with Crippen molar-refractivity contribution in [2.24, 2.45) is 0 Å².